The molecule has 2 N–H and O–H groups in total. The number of piperidine rings is 1. The second-order valence-corrected chi connectivity index (χ2v) is 7.33. The summed E-state index contributed by atoms with van der Waals surface area (Å²) in [4.78, 5) is 26.9. The maximum atomic E-state index is 12.5. The summed E-state index contributed by atoms with van der Waals surface area (Å²) in [6.45, 7) is 6.39. The van der Waals surface area contributed by atoms with Crippen LogP contribution in [0.25, 0.3) is 0 Å². The van der Waals surface area contributed by atoms with Crippen LogP contribution >= 0.6 is 0 Å². The molecule has 6 heteroatoms. The van der Waals surface area contributed by atoms with Crippen molar-refractivity contribution in [2.75, 3.05) is 24.5 Å². The Kier molecular flexibility index (Phi) is 6.16. The van der Waals surface area contributed by atoms with Crippen molar-refractivity contribution in [3.05, 3.63) is 54.0 Å². The standard InChI is InChI=1S/C21H27N3O3/c1-15(2)14-22-20(25)17-6-3-4-7-18(17)24-11-9-16(10-12-24)23-21(26)19-8-5-13-27-19/h3-8,13,15-16H,9-12,14H2,1-2H3,(H,22,25)(H,23,26). The van der Waals surface area contributed by atoms with Crippen LogP contribution < -0.4 is 15.5 Å². The van der Waals surface area contributed by atoms with Gasteiger partial charge in [-0.1, -0.05) is 26.0 Å². The Bertz CT molecular complexity index is 763. The molecule has 0 spiro atoms. The van der Waals surface area contributed by atoms with E-state index in [-0.39, 0.29) is 17.9 Å². The lowest BCUT2D eigenvalue weighted by Gasteiger charge is -2.34. The molecule has 0 unspecified atom stereocenters. The molecule has 27 heavy (non-hydrogen) atoms. The van der Waals surface area contributed by atoms with Gasteiger partial charge in [-0.15, -0.1) is 0 Å². The molecule has 144 valence electrons. The van der Waals surface area contributed by atoms with Gasteiger partial charge in [0.2, 0.25) is 0 Å². The van der Waals surface area contributed by atoms with Gasteiger partial charge in [-0.25, -0.2) is 0 Å². The molecule has 1 aliphatic rings. The fraction of sp³-hybridized carbons (Fsp3) is 0.429. The zero-order chi connectivity index (χ0) is 19.2. The van der Waals surface area contributed by atoms with Gasteiger partial charge < -0.3 is 20.0 Å². The van der Waals surface area contributed by atoms with E-state index in [0.717, 1.165) is 31.6 Å². The lowest BCUT2D eigenvalue weighted by molar-refractivity contribution is 0.0902. The van der Waals surface area contributed by atoms with E-state index in [1.807, 2.05) is 24.3 Å². The zero-order valence-corrected chi connectivity index (χ0v) is 15.9. The van der Waals surface area contributed by atoms with Crippen LogP contribution in [-0.2, 0) is 0 Å². The van der Waals surface area contributed by atoms with Gasteiger partial charge >= 0.3 is 0 Å². The van der Waals surface area contributed by atoms with E-state index in [9.17, 15) is 9.59 Å². The maximum Gasteiger partial charge on any atom is 0.287 e. The molecule has 6 nitrogen and oxygen atoms in total. The molecule has 1 aromatic heterocycles. The summed E-state index contributed by atoms with van der Waals surface area (Å²) in [7, 11) is 0. The Labute approximate surface area is 159 Å². The van der Waals surface area contributed by atoms with E-state index >= 15 is 0 Å². The second kappa shape index (κ2) is 8.75. The van der Waals surface area contributed by atoms with Crippen LogP contribution in [0.1, 0.15) is 47.6 Å². The lowest BCUT2D eigenvalue weighted by atomic mass is 10.0. The Morgan fingerprint density at radius 1 is 1.11 bits per heavy atom. The summed E-state index contributed by atoms with van der Waals surface area (Å²) < 4.78 is 5.14. The van der Waals surface area contributed by atoms with Crippen LogP contribution in [0.5, 0.6) is 0 Å². The summed E-state index contributed by atoms with van der Waals surface area (Å²) in [5.41, 5.74) is 1.66. The van der Waals surface area contributed by atoms with Crippen LogP contribution in [0.15, 0.2) is 47.1 Å². The van der Waals surface area contributed by atoms with Crippen LogP contribution in [0.2, 0.25) is 0 Å². The highest BCUT2D eigenvalue weighted by Crippen LogP contribution is 2.24. The monoisotopic (exact) mass is 369 g/mol. The number of para-hydroxylation sites is 1. The molecule has 0 bridgehead atoms. The van der Waals surface area contributed by atoms with Gasteiger partial charge in [0.1, 0.15) is 0 Å². The van der Waals surface area contributed by atoms with Gasteiger partial charge in [-0.3, -0.25) is 9.59 Å². The Morgan fingerprint density at radius 2 is 1.85 bits per heavy atom. The first-order valence-electron chi connectivity index (χ1n) is 9.51. The first-order valence-corrected chi connectivity index (χ1v) is 9.51. The van der Waals surface area contributed by atoms with Gasteiger partial charge in [-0.05, 0) is 43.0 Å². The molecule has 0 radical (unpaired) electrons. The highest BCUT2D eigenvalue weighted by atomic mass is 16.3. The molecule has 1 aliphatic heterocycles. The number of furan rings is 1. The number of benzene rings is 1. The molecule has 0 aliphatic carbocycles. The third kappa shape index (κ3) is 4.90. The molecule has 1 aromatic carbocycles. The van der Waals surface area contributed by atoms with Crippen molar-refractivity contribution in [3.8, 4) is 0 Å². The molecular weight excluding hydrogens is 342 g/mol. The van der Waals surface area contributed by atoms with Crippen LogP contribution in [-0.4, -0.2) is 37.5 Å². The van der Waals surface area contributed by atoms with E-state index in [1.54, 1.807) is 12.1 Å². The summed E-state index contributed by atoms with van der Waals surface area (Å²) >= 11 is 0. The Hall–Kier alpha value is -2.76. The number of carbonyl (C=O) groups is 2. The van der Waals surface area contributed by atoms with E-state index in [4.69, 9.17) is 4.42 Å². The van der Waals surface area contributed by atoms with E-state index in [1.165, 1.54) is 6.26 Å². The van der Waals surface area contributed by atoms with Gasteiger partial charge in [0.15, 0.2) is 5.76 Å². The molecule has 0 saturated carbocycles. The van der Waals surface area contributed by atoms with Crippen molar-refractivity contribution in [1.82, 2.24) is 10.6 Å². The number of carbonyl (C=O) groups excluding carboxylic acids is 2. The Morgan fingerprint density at radius 3 is 2.52 bits per heavy atom. The number of rotatable bonds is 6. The summed E-state index contributed by atoms with van der Waals surface area (Å²) in [6.07, 6.45) is 3.15. The lowest BCUT2D eigenvalue weighted by Crippen LogP contribution is -2.45. The minimum absolute atomic E-state index is 0.0347. The first-order chi connectivity index (χ1) is 13.0. The predicted molar refractivity (Wildman–Crippen MR) is 105 cm³/mol. The summed E-state index contributed by atoms with van der Waals surface area (Å²) in [6, 6.07) is 11.2. The average molecular weight is 369 g/mol. The predicted octanol–water partition coefficient (Wildman–Crippen LogP) is 3.06. The third-order valence-electron chi connectivity index (χ3n) is 4.74. The number of nitrogens with zero attached hydrogens (tertiary/aromatic N) is 1. The smallest absolute Gasteiger partial charge is 0.287 e. The van der Waals surface area contributed by atoms with Gasteiger partial charge in [-0.2, -0.15) is 0 Å². The van der Waals surface area contributed by atoms with Crippen LogP contribution in [0.3, 0.4) is 0 Å². The topological polar surface area (TPSA) is 74.6 Å². The van der Waals surface area contributed by atoms with E-state index in [0.29, 0.717) is 23.8 Å². The summed E-state index contributed by atoms with van der Waals surface area (Å²) in [5, 5.41) is 6.02. The van der Waals surface area contributed by atoms with Crippen molar-refractivity contribution < 1.29 is 14.0 Å². The van der Waals surface area contributed by atoms with Crippen molar-refractivity contribution in [2.45, 2.75) is 32.7 Å². The Balaban J connectivity index is 1.59. The number of anilines is 1. The number of hydrogen-bond donors (Lipinski definition) is 2. The number of hydrogen-bond acceptors (Lipinski definition) is 4. The number of nitrogens with one attached hydrogen (secondary N) is 2. The van der Waals surface area contributed by atoms with Crippen LogP contribution in [0, 0.1) is 5.92 Å². The van der Waals surface area contributed by atoms with Gasteiger partial charge in [0.05, 0.1) is 11.8 Å². The second-order valence-electron chi connectivity index (χ2n) is 7.33. The van der Waals surface area contributed by atoms with Crippen molar-refractivity contribution in [2.24, 2.45) is 5.92 Å². The van der Waals surface area contributed by atoms with Crippen molar-refractivity contribution >= 4 is 17.5 Å². The van der Waals surface area contributed by atoms with Crippen molar-refractivity contribution in [1.29, 1.82) is 0 Å². The molecule has 2 aromatic rings. The SMILES string of the molecule is CC(C)CNC(=O)c1ccccc1N1CCC(NC(=O)c2ccco2)CC1. The van der Waals surface area contributed by atoms with Gasteiger partial charge in [0.25, 0.3) is 11.8 Å². The minimum Gasteiger partial charge on any atom is -0.459 e. The highest BCUT2D eigenvalue weighted by molar-refractivity contribution is 5.99. The molecule has 1 saturated heterocycles. The average Bonchev–Trinajstić information content (AvgIpc) is 3.22. The van der Waals surface area contributed by atoms with Crippen LogP contribution in [0.4, 0.5) is 5.69 Å². The van der Waals surface area contributed by atoms with E-state index in [2.05, 4.69) is 29.4 Å². The van der Waals surface area contributed by atoms with Gasteiger partial charge in [0, 0.05) is 31.4 Å². The molecule has 0 atom stereocenters. The third-order valence-corrected chi connectivity index (χ3v) is 4.74. The molecule has 2 heterocycles. The molecule has 3 rings (SSSR count). The number of amides is 2. The molecular formula is C21H27N3O3. The minimum atomic E-state index is -0.174. The highest BCUT2D eigenvalue weighted by Gasteiger charge is 2.24. The normalized spacial score (nSPS) is 15.0. The first kappa shape index (κ1) is 19.0. The molecule has 1 fully saturated rings. The molecule has 2 amide bonds. The van der Waals surface area contributed by atoms with E-state index < -0.39 is 0 Å². The van der Waals surface area contributed by atoms with Crippen molar-refractivity contribution in [3.63, 3.8) is 0 Å². The largest absolute Gasteiger partial charge is 0.459 e. The fourth-order valence-corrected chi connectivity index (χ4v) is 3.26. The summed E-state index contributed by atoms with van der Waals surface area (Å²) in [5.74, 6) is 0.540. The quantitative estimate of drug-likeness (QED) is 0.821. The maximum absolute atomic E-state index is 12.5. The fourth-order valence-electron chi connectivity index (χ4n) is 3.26. The zero-order valence-electron chi connectivity index (χ0n) is 15.9.